The van der Waals surface area contributed by atoms with Gasteiger partial charge in [-0.2, -0.15) is 0 Å². The molecule has 0 heterocycles. The summed E-state index contributed by atoms with van der Waals surface area (Å²) in [5.74, 6) is -0.441. The summed E-state index contributed by atoms with van der Waals surface area (Å²) in [6.45, 7) is 1.37. The van der Waals surface area contributed by atoms with Crippen LogP contribution in [0.15, 0.2) is 23.3 Å². The number of aromatic hydroxyl groups is 1. The largest absolute Gasteiger partial charge is 0.507 e. The van der Waals surface area contributed by atoms with Crippen molar-refractivity contribution in [1.82, 2.24) is 0 Å². The normalized spacial score (nSPS) is 13.4. The first-order valence-corrected chi connectivity index (χ1v) is 5.74. The highest BCUT2D eigenvalue weighted by molar-refractivity contribution is 5.98. The summed E-state index contributed by atoms with van der Waals surface area (Å²) >= 11 is 0. The molecule has 7 heteroatoms. The van der Waals surface area contributed by atoms with Gasteiger partial charge in [-0.3, -0.25) is 4.79 Å². The highest BCUT2D eigenvalue weighted by Gasteiger charge is 2.20. The van der Waals surface area contributed by atoms with Crippen molar-refractivity contribution in [2.24, 2.45) is 5.11 Å². The van der Waals surface area contributed by atoms with Crippen LogP contribution < -0.4 is 0 Å². The molecule has 0 radical (unpaired) electrons. The van der Waals surface area contributed by atoms with Crippen molar-refractivity contribution in [1.29, 1.82) is 0 Å². The van der Waals surface area contributed by atoms with Gasteiger partial charge in [0.15, 0.2) is 5.78 Å². The second kappa shape index (κ2) is 6.75. The van der Waals surface area contributed by atoms with Crippen LogP contribution in [0.1, 0.15) is 35.4 Å². The Labute approximate surface area is 109 Å². The van der Waals surface area contributed by atoms with Gasteiger partial charge in [0.2, 0.25) is 0 Å². The van der Waals surface area contributed by atoms with Crippen molar-refractivity contribution >= 4 is 5.78 Å². The zero-order chi connectivity index (χ0) is 14.4. The van der Waals surface area contributed by atoms with Crippen LogP contribution >= 0.6 is 0 Å². The molecule has 0 saturated heterocycles. The third-order valence-electron chi connectivity index (χ3n) is 2.68. The van der Waals surface area contributed by atoms with Gasteiger partial charge < -0.3 is 15.3 Å². The number of hydrogen-bond donors (Lipinski definition) is 3. The summed E-state index contributed by atoms with van der Waals surface area (Å²) in [7, 11) is 0. The van der Waals surface area contributed by atoms with Crippen LogP contribution in [0.25, 0.3) is 10.4 Å². The fourth-order valence-electron chi connectivity index (χ4n) is 1.59. The molecule has 3 N–H and O–H groups in total. The number of benzene rings is 1. The third kappa shape index (κ3) is 3.69. The molecule has 0 aliphatic heterocycles. The molecule has 102 valence electrons. The van der Waals surface area contributed by atoms with Crippen LogP contribution in [0.3, 0.4) is 0 Å². The van der Waals surface area contributed by atoms with Gasteiger partial charge in [0.05, 0.1) is 18.2 Å². The second-order valence-corrected chi connectivity index (χ2v) is 3.98. The lowest BCUT2D eigenvalue weighted by molar-refractivity contribution is 0.0243. The first-order chi connectivity index (χ1) is 9.01. The smallest absolute Gasteiger partial charge is 0.166 e. The molecular weight excluding hydrogens is 250 g/mol. The first kappa shape index (κ1) is 15.0. The number of aliphatic hydroxyl groups excluding tert-OH is 2. The van der Waals surface area contributed by atoms with E-state index in [1.807, 2.05) is 0 Å². The lowest BCUT2D eigenvalue weighted by Gasteiger charge is -2.17. The quantitative estimate of drug-likeness (QED) is 0.313. The van der Waals surface area contributed by atoms with E-state index >= 15 is 0 Å². The Hall–Kier alpha value is -2.08. The number of azide groups is 1. The Morgan fingerprint density at radius 3 is 2.74 bits per heavy atom. The van der Waals surface area contributed by atoms with E-state index in [1.165, 1.54) is 18.2 Å². The molecule has 19 heavy (non-hydrogen) atoms. The molecule has 7 nitrogen and oxygen atoms in total. The van der Waals surface area contributed by atoms with E-state index in [0.29, 0.717) is 0 Å². The highest BCUT2D eigenvalue weighted by Crippen LogP contribution is 2.25. The lowest BCUT2D eigenvalue weighted by Crippen LogP contribution is -2.21. The highest BCUT2D eigenvalue weighted by atomic mass is 16.3. The van der Waals surface area contributed by atoms with Gasteiger partial charge in [-0.1, -0.05) is 18.1 Å². The minimum absolute atomic E-state index is 0.0926. The number of hydrogen-bond acceptors (Lipinski definition) is 5. The van der Waals surface area contributed by atoms with Crippen LogP contribution in [0, 0.1) is 0 Å². The molecule has 2 atom stereocenters. The Morgan fingerprint density at radius 1 is 1.47 bits per heavy atom. The maximum atomic E-state index is 11.6. The number of phenolic OH excluding ortho intramolecular Hbond substituents is 1. The molecule has 1 aromatic carbocycles. The van der Waals surface area contributed by atoms with Crippen molar-refractivity contribution < 1.29 is 20.1 Å². The van der Waals surface area contributed by atoms with Gasteiger partial charge >= 0.3 is 0 Å². The summed E-state index contributed by atoms with van der Waals surface area (Å²) < 4.78 is 0. The van der Waals surface area contributed by atoms with Crippen LogP contribution in [0.5, 0.6) is 5.75 Å². The minimum atomic E-state index is -1.30. The molecule has 0 fully saturated rings. The van der Waals surface area contributed by atoms with Gasteiger partial charge in [-0.15, -0.1) is 0 Å². The van der Waals surface area contributed by atoms with E-state index in [-0.39, 0.29) is 35.6 Å². The monoisotopic (exact) mass is 265 g/mol. The average Bonchev–Trinajstić information content (AvgIpc) is 2.43. The number of nitrogens with zero attached hydrogens (tertiary/aromatic N) is 3. The molecule has 0 amide bonds. The van der Waals surface area contributed by atoms with E-state index < -0.39 is 12.2 Å². The molecule has 1 aromatic rings. The lowest BCUT2D eigenvalue weighted by atomic mass is 9.99. The van der Waals surface area contributed by atoms with Crippen LogP contribution in [-0.4, -0.2) is 33.8 Å². The average molecular weight is 265 g/mol. The predicted octanol–water partition coefficient (Wildman–Crippen LogP) is 1.69. The number of Topliss-reactive ketones (excluding diaryl/α,β-unsaturated/α-hetero) is 1. The number of carbonyl (C=O) groups is 1. The van der Waals surface area contributed by atoms with Gasteiger partial charge in [0.25, 0.3) is 0 Å². The molecule has 0 saturated carbocycles. The SMILES string of the molecule is CCC(=O)c1cc(C(O)C(O)CN=[N+]=[N-])ccc1O. The number of ketones is 1. The molecule has 0 aliphatic carbocycles. The summed E-state index contributed by atoms with van der Waals surface area (Å²) in [5, 5.41) is 32.2. The first-order valence-electron chi connectivity index (χ1n) is 5.74. The van der Waals surface area contributed by atoms with Gasteiger partial charge in [0.1, 0.15) is 11.9 Å². The van der Waals surface area contributed by atoms with Gasteiger partial charge in [0, 0.05) is 11.3 Å². The summed E-state index contributed by atoms with van der Waals surface area (Å²) in [5.41, 5.74) is 8.51. The second-order valence-electron chi connectivity index (χ2n) is 3.98. The van der Waals surface area contributed by atoms with Gasteiger partial charge in [-0.05, 0) is 23.2 Å². The summed E-state index contributed by atoms with van der Waals surface area (Å²) in [6.07, 6.45) is -2.35. The zero-order valence-electron chi connectivity index (χ0n) is 10.4. The molecule has 1 rings (SSSR count). The van der Waals surface area contributed by atoms with E-state index in [4.69, 9.17) is 5.53 Å². The Morgan fingerprint density at radius 2 is 2.16 bits per heavy atom. The molecule has 0 bridgehead atoms. The fourth-order valence-corrected chi connectivity index (χ4v) is 1.59. The minimum Gasteiger partial charge on any atom is -0.507 e. The molecule has 2 unspecified atom stereocenters. The maximum absolute atomic E-state index is 11.6. The fraction of sp³-hybridized carbons (Fsp3) is 0.417. The van der Waals surface area contributed by atoms with Crippen LogP contribution in [0.4, 0.5) is 0 Å². The van der Waals surface area contributed by atoms with E-state index in [0.717, 1.165) is 0 Å². The number of aliphatic hydroxyl groups is 2. The Bertz CT molecular complexity index is 512. The van der Waals surface area contributed by atoms with E-state index in [1.54, 1.807) is 6.92 Å². The van der Waals surface area contributed by atoms with Crippen molar-refractivity contribution in [3.63, 3.8) is 0 Å². The van der Waals surface area contributed by atoms with E-state index in [9.17, 15) is 20.1 Å². The van der Waals surface area contributed by atoms with E-state index in [2.05, 4.69) is 10.0 Å². The van der Waals surface area contributed by atoms with Gasteiger partial charge in [-0.25, -0.2) is 0 Å². The zero-order valence-corrected chi connectivity index (χ0v) is 10.4. The van der Waals surface area contributed by atoms with Crippen LogP contribution in [-0.2, 0) is 0 Å². The molecule has 0 spiro atoms. The summed E-state index contributed by atoms with van der Waals surface area (Å²) in [4.78, 5) is 14.1. The number of phenols is 1. The van der Waals surface area contributed by atoms with Crippen molar-refractivity contribution in [3.8, 4) is 5.75 Å². The molecule has 0 aromatic heterocycles. The maximum Gasteiger partial charge on any atom is 0.166 e. The number of rotatable bonds is 6. The topological polar surface area (TPSA) is 127 Å². The molecular formula is C12H15N3O4. The Balaban J connectivity index is 3.01. The van der Waals surface area contributed by atoms with Crippen molar-refractivity contribution in [2.45, 2.75) is 25.6 Å². The molecule has 0 aliphatic rings. The predicted molar refractivity (Wildman–Crippen MR) is 67.7 cm³/mol. The number of carbonyl (C=O) groups excluding carboxylic acids is 1. The standard InChI is InChI=1S/C12H15N3O4/c1-2-9(16)8-5-7(3-4-10(8)17)12(19)11(18)6-14-15-13/h3-5,11-12,17-19H,2,6H2,1H3. The van der Waals surface area contributed by atoms with Crippen molar-refractivity contribution in [3.05, 3.63) is 39.8 Å². The summed E-state index contributed by atoms with van der Waals surface area (Å²) in [6, 6.07) is 4.00. The van der Waals surface area contributed by atoms with Crippen LogP contribution in [0.2, 0.25) is 0 Å². The Kier molecular flexibility index (Phi) is 5.32. The van der Waals surface area contributed by atoms with Crippen molar-refractivity contribution in [2.75, 3.05) is 6.54 Å². The third-order valence-corrected chi connectivity index (χ3v) is 2.68.